The SMILES string of the molecule is CC(C)CCC[C@@H](C)C1CCC2[C@@H]3CCC4C[C@@H](Oc5ccncc5)CC[C@]4(C)C3CC[C@@]21C. The maximum atomic E-state index is 6.42. The molecular formula is C32H51NO. The lowest BCUT2D eigenvalue weighted by atomic mass is 9.44. The minimum absolute atomic E-state index is 0.397. The predicted octanol–water partition coefficient (Wildman–Crippen LogP) is 8.95. The normalized spacial score (nSPS) is 42.5. The summed E-state index contributed by atoms with van der Waals surface area (Å²) in [5.74, 6) is 7.55. The van der Waals surface area contributed by atoms with Crippen LogP contribution in [0.25, 0.3) is 0 Å². The summed E-state index contributed by atoms with van der Waals surface area (Å²) in [6.07, 6.45) is 21.2. The third-order valence-corrected chi connectivity index (χ3v) is 11.8. The van der Waals surface area contributed by atoms with Gasteiger partial charge in [-0.3, -0.25) is 4.98 Å². The summed E-state index contributed by atoms with van der Waals surface area (Å²) in [5, 5.41) is 0. The van der Waals surface area contributed by atoms with Gasteiger partial charge in [-0.1, -0.05) is 53.9 Å². The van der Waals surface area contributed by atoms with Crippen LogP contribution in [-0.2, 0) is 0 Å². The Bertz CT molecular complexity index is 806. The topological polar surface area (TPSA) is 22.1 Å². The van der Waals surface area contributed by atoms with Gasteiger partial charge in [0.25, 0.3) is 0 Å². The molecule has 0 spiro atoms. The molecule has 0 amide bonds. The second-order valence-electron chi connectivity index (χ2n) is 13.9. The van der Waals surface area contributed by atoms with E-state index in [4.69, 9.17) is 4.74 Å². The van der Waals surface area contributed by atoms with E-state index in [1.807, 2.05) is 24.5 Å². The highest BCUT2D eigenvalue weighted by Gasteiger charge is 2.60. The van der Waals surface area contributed by atoms with Gasteiger partial charge in [-0.2, -0.15) is 0 Å². The van der Waals surface area contributed by atoms with Crippen LogP contribution in [0.2, 0.25) is 0 Å². The van der Waals surface area contributed by atoms with Crippen molar-refractivity contribution < 1.29 is 4.74 Å². The van der Waals surface area contributed by atoms with Crippen LogP contribution in [0.3, 0.4) is 0 Å². The van der Waals surface area contributed by atoms with Crippen LogP contribution >= 0.6 is 0 Å². The molecule has 1 aromatic rings. The van der Waals surface area contributed by atoms with Crippen LogP contribution in [0, 0.1) is 52.3 Å². The maximum Gasteiger partial charge on any atom is 0.122 e. The lowest BCUT2D eigenvalue weighted by Gasteiger charge is -2.61. The highest BCUT2D eigenvalue weighted by Crippen LogP contribution is 2.68. The second-order valence-corrected chi connectivity index (χ2v) is 13.9. The smallest absolute Gasteiger partial charge is 0.122 e. The Morgan fingerprint density at radius 3 is 2.38 bits per heavy atom. The van der Waals surface area contributed by atoms with Gasteiger partial charge >= 0.3 is 0 Å². The summed E-state index contributed by atoms with van der Waals surface area (Å²) < 4.78 is 6.42. The van der Waals surface area contributed by atoms with Crippen LogP contribution in [0.5, 0.6) is 5.75 Å². The summed E-state index contributed by atoms with van der Waals surface area (Å²) in [5.41, 5.74) is 1.16. The number of aromatic nitrogens is 1. The molecule has 0 saturated heterocycles. The van der Waals surface area contributed by atoms with Gasteiger partial charge in [0.1, 0.15) is 5.75 Å². The molecule has 0 aliphatic heterocycles. The standard InChI is InChI=1S/C32H51NO/c1-22(2)7-6-8-23(3)28-11-12-29-27-10-9-24-21-26(34-25-15-19-33-20-16-25)13-17-31(24,4)30(27)14-18-32(28,29)5/h15-16,19-20,22-24,26-30H,6-14,17-18,21H2,1-5H3/t23-,24?,26+,27+,28?,29?,30?,31+,32-/m1/s1. The van der Waals surface area contributed by atoms with Crippen LogP contribution in [0.15, 0.2) is 24.5 Å². The largest absolute Gasteiger partial charge is 0.490 e. The van der Waals surface area contributed by atoms with Crippen molar-refractivity contribution in [3.8, 4) is 5.75 Å². The molecule has 9 atom stereocenters. The summed E-state index contributed by atoms with van der Waals surface area (Å²) in [7, 11) is 0. The molecule has 4 aliphatic carbocycles. The van der Waals surface area contributed by atoms with Gasteiger partial charge in [0.2, 0.25) is 0 Å². The molecule has 4 unspecified atom stereocenters. The molecule has 1 aromatic heterocycles. The molecule has 0 bridgehead atoms. The Hall–Kier alpha value is -1.05. The van der Waals surface area contributed by atoms with E-state index in [2.05, 4.69) is 39.6 Å². The highest BCUT2D eigenvalue weighted by atomic mass is 16.5. The van der Waals surface area contributed by atoms with Gasteiger partial charge in [0.15, 0.2) is 0 Å². The van der Waals surface area contributed by atoms with Gasteiger partial charge in [0.05, 0.1) is 6.10 Å². The molecule has 4 saturated carbocycles. The van der Waals surface area contributed by atoms with Crippen LogP contribution in [-0.4, -0.2) is 11.1 Å². The zero-order valence-electron chi connectivity index (χ0n) is 22.8. The van der Waals surface area contributed by atoms with E-state index in [-0.39, 0.29) is 0 Å². The number of hydrogen-bond acceptors (Lipinski definition) is 2. The Morgan fingerprint density at radius 2 is 1.62 bits per heavy atom. The lowest BCUT2D eigenvalue weighted by Crippen LogP contribution is -2.54. The first-order valence-electron chi connectivity index (χ1n) is 14.9. The predicted molar refractivity (Wildman–Crippen MR) is 142 cm³/mol. The molecule has 0 aromatic carbocycles. The zero-order valence-corrected chi connectivity index (χ0v) is 22.8. The third kappa shape index (κ3) is 4.45. The molecule has 1 heterocycles. The first-order chi connectivity index (χ1) is 16.3. The van der Waals surface area contributed by atoms with Crippen molar-refractivity contribution >= 4 is 0 Å². The van der Waals surface area contributed by atoms with E-state index in [1.54, 1.807) is 0 Å². The highest BCUT2D eigenvalue weighted by molar-refractivity contribution is 5.18. The molecule has 0 radical (unpaired) electrons. The molecule has 5 rings (SSSR count). The van der Waals surface area contributed by atoms with Crippen LogP contribution < -0.4 is 4.74 Å². The first kappa shape index (κ1) is 24.6. The average molecular weight is 466 g/mol. The Labute approximate surface area is 210 Å². The van der Waals surface area contributed by atoms with Crippen molar-refractivity contribution in [2.45, 2.75) is 118 Å². The van der Waals surface area contributed by atoms with Crippen molar-refractivity contribution in [2.75, 3.05) is 0 Å². The van der Waals surface area contributed by atoms with E-state index in [1.165, 1.54) is 77.0 Å². The Morgan fingerprint density at radius 1 is 0.882 bits per heavy atom. The molecule has 4 aliphatic rings. The molecule has 4 fully saturated rings. The summed E-state index contributed by atoms with van der Waals surface area (Å²) in [6, 6.07) is 4.04. The average Bonchev–Trinajstić information content (AvgIpc) is 3.17. The molecule has 0 N–H and O–H groups in total. The van der Waals surface area contributed by atoms with Gasteiger partial charge in [-0.15, -0.1) is 0 Å². The van der Waals surface area contributed by atoms with Gasteiger partial charge in [-0.05, 0) is 122 Å². The van der Waals surface area contributed by atoms with Crippen molar-refractivity contribution in [3.05, 3.63) is 24.5 Å². The summed E-state index contributed by atoms with van der Waals surface area (Å²) in [4.78, 5) is 4.15. The fourth-order valence-electron chi connectivity index (χ4n) is 9.96. The lowest BCUT2D eigenvalue weighted by molar-refractivity contribution is -0.126. The monoisotopic (exact) mass is 465 g/mol. The van der Waals surface area contributed by atoms with Gasteiger partial charge in [-0.25, -0.2) is 0 Å². The molecule has 2 nitrogen and oxygen atoms in total. The maximum absolute atomic E-state index is 6.42. The number of hydrogen-bond donors (Lipinski definition) is 0. The number of ether oxygens (including phenoxy) is 1. The Kier molecular flexibility index (Phi) is 7.08. The second kappa shape index (κ2) is 9.78. The molecule has 2 heteroatoms. The fourth-order valence-corrected chi connectivity index (χ4v) is 9.96. The fraction of sp³-hybridized carbons (Fsp3) is 0.844. The van der Waals surface area contributed by atoms with Crippen LogP contribution in [0.4, 0.5) is 0 Å². The third-order valence-electron chi connectivity index (χ3n) is 11.8. The first-order valence-corrected chi connectivity index (χ1v) is 14.9. The van der Waals surface area contributed by atoms with E-state index >= 15 is 0 Å². The minimum atomic E-state index is 0.397. The van der Waals surface area contributed by atoms with Gasteiger partial charge < -0.3 is 4.74 Å². The van der Waals surface area contributed by atoms with E-state index in [0.29, 0.717) is 16.9 Å². The molecular weight excluding hydrogens is 414 g/mol. The Balaban J connectivity index is 1.24. The molecule has 34 heavy (non-hydrogen) atoms. The summed E-state index contributed by atoms with van der Waals surface area (Å²) >= 11 is 0. The van der Waals surface area contributed by atoms with E-state index < -0.39 is 0 Å². The van der Waals surface area contributed by atoms with Crippen molar-refractivity contribution in [3.63, 3.8) is 0 Å². The zero-order chi connectivity index (χ0) is 23.9. The quantitative estimate of drug-likeness (QED) is 0.401. The van der Waals surface area contributed by atoms with Crippen molar-refractivity contribution in [2.24, 2.45) is 52.3 Å². The number of pyridine rings is 1. The van der Waals surface area contributed by atoms with Crippen molar-refractivity contribution in [1.29, 1.82) is 0 Å². The van der Waals surface area contributed by atoms with E-state index in [9.17, 15) is 0 Å². The minimum Gasteiger partial charge on any atom is -0.490 e. The summed E-state index contributed by atoms with van der Waals surface area (Å²) in [6.45, 7) is 12.8. The van der Waals surface area contributed by atoms with E-state index in [0.717, 1.165) is 47.2 Å². The van der Waals surface area contributed by atoms with Crippen molar-refractivity contribution in [1.82, 2.24) is 4.98 Å². The number of rotatable bonds is 7. The molecule has 190 valence electrons. The number of nitrogens with zero attached hydrogens (tertiary/aromatic N) is 1. The van der Waals surface area contributed by atoms with Crippen LogP contribution in [0.1, 0.15) is 112 Å². The van der Waals surface area contributed by atoms with Gasteiger partial charge in [0, 0.05) is 12.4 Å². The number of fused-ring (bicyclic) bond motifs is 5.